The van der Waals surface area contributed by atoms with Crippen molar-refractivity contribution < 1.29 is 31.1 Å². The number of benzene rings is 1. The van der Waals surface area contributed by atoms with Crippen LogP contribution in [0, 0.1) is 0 Å². The van der Waals surface area contributed by atoms with Crippen LogP contribution in [0.5, 0.6) is 5.75 Å². The number of para-hydroxylation sites is 1. The second kappa shape index (κ2) is 7.10. The molecule has 9 heteroatoms. The monoisotopic (exact) mass is 327 g/mol. The van der Waals surface area contributed by atoms with Gasteiger partial charge in [0.1, 0.15) is 10.6 Å². The molecule has 0 saturated carbocycles. The fourth-order valence-corrected chi connectivity index (χ4v) is 2.90. The summed E-state index contributed by atoms with van der Waals surface area (Å²) in [5, 5.41) is 0. The van der Waals surface area contributed by atoms with E-state index in [0.717, 1.165) is 12.1 Å². The van der Waals surface area contributed by atoms with Crippen molar-refractivity contribution in [3.05, 3.63) is 24.3 Å². The van der Waals surface area contributed by atoms with Crippen LogP contribution in [-0.4, -0.2) is 34.0 Å². The van der Waals surface area contributed by atoms with Crippen LogP contribution in [0.25, 0.3) is 0 Å². The molecule has 1 rings (SSSR count). The minimum Gasteiger partial charge on any atom is -0.404 e. The third-order valence-corrected chi connectivity index (χ3v) is 3.92. The summed E-state index contributed by atoms with van der Waals surface area (Å²) < 4.78 is 72.1. The number of rotatable bonds is 7. The largest absolute Gasteiger partial charge is 0.573 e. The summed E-state index contributed by atoms with van der Waals surface area (Å²) in [4.78, 5) is -0.578. The van der Waals surface area contributed by atoms with Crippen LogP contribution in [-0.2, 0) is 14.8 Å². The Hall–Kier alpha value is -1.32. The van der Waals surface area contributed by atoms with Gasteiger partial charge in [-0.05, 0) is 26.0 Å². The summed E-state index contributed by atoms with van der Waals surface area (Å²) in [7, 11) is -4.15. The van der Waals surface area contributed by atoms with Crippen molar-refractivity contribution in [2.75, 3.05) is 13.2 Å². The lowest BCUT2D eigenvalue weighted by Gasteiger charge is -2.17. The van der Waals surface area contributed by atoms with Gasteiger partial charge in [0.25, 0.3) is 0 Å². The second-order valence-corrected chi connectivity index (χ2v) is 5.86. The molecule has 120 valence electrons. The maximum Gasteiger partial charge on any atom is 0.573 e. The van der Waals surface area contributed by atoms with Crippen molar-refractivity contribution in [1.82, 2.24) is 4.72 Å². The zero-order valence-electron chi connectivity index (χ0n) is 11.5. The molecule has 1 aromatic carbocycles. The van der Waals surface area contributed by atoms with Crippen LogP contribution in [0.4, 0.5) is 13.2 Å². The number of halogens is 3. The average molecular weight is 327 g/mol. The first-order valence-corrected chi connectivity index (χ1v) is 7.59. The van der Waals surface area contributed by atoms with Crippen molar-refractivity contribution in [2.24, 2.45) is 0 Å². The van der Waals surface area contributed by atoms with Crippen LogP contribution in [0.2, 0.25) is 0 Å². The van der Waals surface area contributed by atoms with E-state index in [9.17, 15) is 21.6 Å². The molecule has 5 nitrogen and oxygen atoms in total. The highest BCUT2D eigenvalue weighted by Gasteiger charge is 2.34. The smallest absolute Gasteiger partial charge is 0.404 e. The van der Waals surface area contributed by atoms with Gasteiger partial charge >= 0.3 is 6.36 Å². The predicted octanol–water partition coefficient (Wildman–Crippen LogP) is 2.29. The molecule has 0 heterocycles. The molecule has 0 fully saturated rings. The highest BCUT2D eigenvalue weighted by Crippen LogP contribution is 2.29. The molecule has 0 unspecified atom stereocenters. The number of alkyl halides is 3. The van der Waals surface area contributed by atoms with Gasteiger partial charge in [-0.15, -0.1) is 13.2 Å². The summed E-state index contributed by atoms with van der Waals surface area (Å²) in [6.07, 6.45) is -4.97. The number of ether oxygens (including phenoxy) is 2. The summed E-state index contributed by atoms with van der Waals surface area (Å²) in [6, 6.07) is 3.95. The molecular weight excluding hydrogens is 311 g/mol. The quantitative estimate of drug-likeness (QED) is 0.834. The Morgan fingerprint density at radius 3 is 2.48 bits per heavy atom. The molecule has 21 heavy (non-hydrogen) atoms. The van der Waals surface area contributed by atoms with Gasteiger partial charge in [-0.2, -0.15) is 0 Å². The molecule has 1 atom stereocenters. The van der Waals surface area contributed by atoms with E-state index in [1.54, 1.807) is 13.8 Å². The Kier molecular flexibility index (Phi) is 5.99. The SMILES string of the molecule is CCOC[C@H](C)NS(=O)(=O)c1ccccc1OC(F)(F)F. The summed E-state index contributed by atoms with van der Waals surface area (Å²) in [5.41, 5.74) is 0. The predicted molar refractivity (Wildman–Crippen MR) is 69.4 cm³/mol. The van der Waals surface area contributed by atoms with Gasteiger partial charge in [0.15, 0.2) is 0 Å². The third kappa shape index (κ3) is 5.90. The molecule has 0 amide bonds. The van der Waals surface area contributed by atoms with Crippen molar-refractivity contribution in [1.29, 1.82) is 0 Å². The Bertz CT molecular complexity index is 560. The van der Waals surface area contributed by atoms with Gasteiger partial charge in [0, 0.05) is 12.6 Å². The van der Waals surface area contributed by atoms with Gasteiger partial charge in [-0.25, -0.2) is 13.1 Å². The number of hydrogen-bond donors (Lipinski definition) is 1. The molecule has 0 aliphatic carbocycles. The first kappa shape index (κ1) is 17.7. The summed E-state index contributed by atoms with van der Waals surface area (Å²) in [6.45, 7) is 3.80. The standard InChI is InChI=1S/C12H16F3NO4S/c1-3-19-8-9(2)16-21(17,18)11-7-5-4-6-10(11)20-12(13,14)15/h4-7,9,16H,3,8H2,1-2H3/t9-/m0/s1. The van der Waals surface area contributed by atoms with E-state index in [-0.39, 0.29) is 6.61 Å². The average Bonchev–Trinajstić information content (AvgIpc) is 2.34. The minimum absolute atomic E-state index is 0.109. The highest BCUT2D eigenvalue weighted by molar-refractivity contribution is 7.89. The second-order valence-electron chi connectivity index (χ2n) is 4.18. The fourth-order valence-electron chi connectivity index (χ4n) is 1.54. The van der Waals surface area contributed by atoms with Crippen LogP contribution < -0.4 is 9.46 Å². The summed E-state index contributed by atoms with van der Waals surface area (Å²) >= 11 is 0. The summed E-state index contributed by atoms with van der Waals surface area (Å²) in [5.74, 6) is -0.777. The van der Waals surface area contributed by atoms with Gasteiger partial charge in [0.2, 0.25) is 10.0 Å². The molecule has 0 aliphatic rings. The van der Waals surface area contributed by atoms with Crippen LogP contribution in [0.15, 0.2) is 29.2 Å². The maximum absolute atomic E-state index is 12.3. The number of nitrogens with one attached hydrogen (secondary N) is 1. The van der Waals surface area contributed by atoms with Gasteiger partial charge in [-0.3, -0.25) is 0 Å². The van der Waals surface area contributed by atoms with E-state index in [1.165, 1.54) is 12.1 Å². The zero-order valence-corrected chi connectivity index (χ0v) is 12.3. The van der Waals surface area contributed by atoms with Crippen molar-refractivity contribution in [2.45, 2.75) is 31.1 Å². The van der Waals surface area contributed by atoms with E-state index < -0.39 is 33.1 Å². The Labute approximate surface area is 121 Å². The van der Waals surface area contributed by atoms with E-state index in [0.29, 0.717) is 6.61 Å². The molecular formula is C12H16F3NO4S. The lowest BCUT2D eigenvalue weighted by Crippen LogP contribution is -2.36. The van der Waals surface area contributed by atoms with E-state index in [2.05, 4.69) is 9.46 Å². The Morgan fingerprint density at radius 2 is 1.90 bits per heavy atom. The van der Waals surface area contributed by atoms with E-state index >= 15 is 0 Å². The lowest BCUT2D eigenvalue weighted by molar-refractivity contribution is -0.275. The van der Waals surface area contributed by atoms with Gasteiger partial charge < -0.3 is 9.47 Å². The fraction of sp³-hybridized carbons (Fsp3) is 0.500. The number of sulfonamides is 1. The van der Waals surface area contributed by atoms with Crippen LogP contribution in [0.1, 0.15) is 13.8 Å². The van der Waals surface area contributed by atoms with Crippen molar-refractivity contribution in [3.63, 3.8) is 0 Å². The van der Waals surface area contributed by atoms with Crippen LogP contribution >= 0.6 is 0 Å². The number of hydrogen-bond acceptors (Lipinski definition) is 4. The molecule has 0 bridgehead atoms. The van der Waals surface area contributed by atoms with Crippen molar-refractivity contribution >= 4 is 10.0 Å². The van der Waals surface area contributed by atoms with E-state index in [4.69, 9.17) is 4.74 Å². The third-order valence-electron chi connectivity index (χ3n) is 2.29. The van der Waals surface area contributed by atoms with Gasteiger partial charge in [-0.1, -0.05) is 12.1 Å². The molecule has 0 aliphatic heterocycles. The first-order chi connectivity index (χ1) is 9.65. The minimum atomic E-state index is -4.97. The zero-order chi connectivity index (χ0) is 16.1. The Balaban J connectivity index is 2.98. The maximum atomic E-state index is 12.3. The Morgan fingerprint density at radius 1 is 1.29 bits per heavy atom. The van der Waals surface area contributed by atoms with Crippen molar-refractivity contribution in [3.8, 4) is 5.75 Å². The topological polar surface area (TPSA) is 64.6 Å². The lowest BCUT2D eigenvalue weighted by atomic mass is 10.3. The first-order valence-electron chi connectivity index (χ1n) is 6.10. The molecule has 0 aromatic heterocycles. The normalized spacial score (nSPS) is 14.0. The van der Waals surface area contributed by atoms with E-state index in [1.807, 2.05) is 0 Å². The molecule has 1 aromatic rings. The molecule has 1 N–H and O–H groups in total. The van der Waals surface area contributed by atoms with Gasteiger partial charge in [0.05, 0.1) is 6.61 Å². The molecule has 0 saturated heterocycles. The van der Waals surface area contributed by atoms with Crippen LogP contribution in [0.3, 0.4) is 0 Å². The molecule has 0 radical (unpaired) electrons. The molecule has 0 spiro atoms. The highest BCUT2D eigenvalue weighted by atomic mass is 32.2.